The third-order valence-electron chi connectivity index (χ3n) is 3.94. The van der Waals surface area contributed by atoms with E-state index in [2.05, 4.69) is 22.5 Å². The first kappa shape index (κ1) is 12.9. The van der Waals surface area contributed by atoms with Gasteiger partial charge in [0.1, 0.15) is 5.82 Å². The molecule has 1 aromatic carbocycles. The largest absolute Gasteiger partial charge is 0.349 e. The van der Waals surface area contributed by atoms with Crippen LogP contribution in [0.3, 0.4) is 0 Å². The number of hydrogen-bond acceptors (Lipinski definition) is 2. The Morgan fingerprint density at radius 2 is 2.25 bits per heavy atom. The third kappa shape index (κ3) is 2.46. The molecule has 20 heavy (non-hydrogen) atoms. The van der Waals surface area contributed by atoms with Gasteiger partial charge < -0.3 is 9.88 Å². The van der Waals surface area contributed by atoms with E-state index in [4.69, 9.17) is 0 Å². The summed E-state index contributed by atoms with van der Waals surface area (Å²) in [4.78, 5) is 16.7. The van der Waals surface area contributed by atoms with Gasteiger partial charge in [0.05, 0.1) is 17.6 Å². The number of para-hydroxylation sites is 2. The maximum Gasteiger partial charge on any atom is 0.223 e. The lowest BCUT2D eigenvalue weighted by molar-refractivity contribution is -0.125. The minimum absolute atomic E-state index is 0.120. The fourth-order valence-electron chi connectivity index (χ4n) is 2.70. The molecule has 1 unspecified atom stereocenters. The Balaban J connectivity index is 1.69. The standard InChI is InChI=1S/C16H19N3O/c1-19-14-10-6-5-9-13(14)18-15(19)11-17-16(20)12-7-3-2-4-8-12/h2-3,5-6,9-10,12H,4,7-8,11H2,1H3,(H,17,20). The zero-order valence-electron chi connectivity index (χ0n) is 11.7. The fourth-order valence-corrected chi connectivity index (χ4v) is 2.70. The van der Waals surface area contributed by atoms with Crippen LogP contribution in [0.4, 0.5) is 0 Å². The molecule has 0 bridgehead atoms. The molecule has 0 saturated carbocycles. The monoisotopic (exact) mass is 269 g/mol. The van der Waals surface area contributed by atoms with Crippen LogP contribution in [0.1, 0.15) is 25.1 Å². The Kier molecular flexibility index (Phi) is 3.54. The molecule has 3 rings (SSSR count). The van der Waals surface area contributed by atoms with E-state index in [1.165, 1.54) is 0 Å². The quantitative estimate of drug-likeness (QED) is 0.870. The lowest BCUT2D eigenvalue weighted by atomic mass is 9.94. The number of aromatic nitrogens is 2. The van der Waals surface area contributed by atoms with E-state index in [0.717, 1.165) is 36.1 Å². The van der Waals surface area contributed by atoms with Crippen LogP contribution in [0.15, 0.2) is 36.4 Å². The molecule has 1 amide bonds. The normalized spacial score (nSPS) is 18.4. The summed E-state index contributed by atoms with van der Waals surface area (Å²) in [5.74, 6) is 1.15. The zero-order valence-corrected chi connectivity index (χ0v) is 11.7. The van der Waals surface area contributed by atoms with Crippen molar-refractivity contribution in [3.63, 3.8) is 0 Å². The van der Waals surface area contributed by atoms with Gasteiger partial charge in [-0.3, -0.25) is 4.79 Å². The number of aryl methyl sites for hydroxylation is 1. The molecule has 1 atom stereocenters. The number of carbonyl (C=O) groups is 1. The molecule has 1 heterocycles. The SMILES string of the molecule is Cn1c(CNC(=O)C2CC=CCC2)nc2ccccc21. The Morgan fingerprint density at radius 3 is 3.00 bits per heavy atom. The fraction of sp³-hybridized carbons (Fsp3) is 0.375. The minimum Gasteiger partial charge on any atom is -0.349 e. The molecule has 0 radical (unpaired) electrons. The molecule has 0 saturated heterocycles. The molecular weight excluding hydrogens is 250 g/mol. The third-order valence-corrected chi connectivity index (χ3v) is 3.94. The number of allylic oxidation sites excluding steroid dienone is 2. The van der Waals surface area contributed by atoms with Crippen molar-refractivity contribution in [2.24, 2.45) is 13.0 Å². The van der Waals surface area contributed by atoms with Crippen molar-refractivity contribution in [3.05, 3.63) is 42.2 Å². The second kappa shape index (κ2) is 5.49. The number of rotatable bonds is 3. The van der Waals surface area contributed by atoms with Crippen molar-refractivity contribution < 1.29 is 4.79 Å². The smallest absolute Gasteiger partial charge is 0.223 e. The van der Waals surface area contributed by atoms with Crippen molar-refractivity contribution in [1.82, 2.24) is 14.9 Å². The van der Waals surface area contributed by atoms with Crippen molar-refractivity contribution >= 4 is 16.9 Å². The van der Waals surface area contributed by atoms with Crippen LogP contribution in [-0.4, -0.2) is 15.5 Å². The topological polar surface area (TPSA) is 46.9 Å². The maximum absolute atomic E-state index is 12.1. The van der Waals surface area contributed by atoms with Crippen LogP contribution < -0.4 is 5.32 Å². The Hall–Kier alpha value is -2.10. The molecular formula is C16H19N3O. The van der Waals surface area contributed by atoms with Crippen molar-refractivity contribution in [1.29, 1.82) is 0 Å². The van der Waals surface area contributed by atoms with Crippen LogP contribution >= 0.6 is 0 Å². The molecule has 4 nitrogen and oxygen atoms in total. The van der Waals surface area contributed by atoms with Gasteiger partial charge in [0, 0.05) is 13.0 Å². The summed E-state index contributed by atoms with van der Waals surface area (Å²) in [5, 5.41) is 3.01. The molecule has 2 aromatic rings. The van der Waals surface area contributed by atoms with Gasteiger partial charge in [0.2, 0.25) is 5.91 Å². The van der Waals surface area contributed by atoms with Crippen LogP contribution in [-0.2, 0) is 18.4 Å². The van der Waals surface area contributed by atoms with Gasteiger partial charge in [0.25, 0.3) is 0 Å². The second-order valence-corrected chi connectivity index (χ2v) is 5.27. The number of benzene rings is 1. The summed E-state index contributed by atoms with van der Waals surface area (Å²) in [6.45, 7) is 0.490. The van der Waals surface area contributed by atoms with E-state index in [0.29, 0.717) is 6.54 Å². The van der Waals surface area contributed by atoms with E-state index in [-0.39, 0.29) is 11.8 Å². The summed E-state index contributed by atoms with van der Waals surface area (Å²) in [5.41, 5.74) is 2.07. The summed E-state index contributed by atoms with van der Waals surface area (Å²) in [6.07, 6.45) is 7.06. The number of amides is 1. The molecule has 0 spiro atoms. The summed E-state index contributed by atoms with van der Waals surface area (Å²) >= 11 is 0. The average Bonchev–Trinajstić information content (AvgIpc) is 2.83. The first-order valence-corrected chi connectivity index (χ1v) is 7.09. The minimum atomic E-state index is 0.120. The van der Waals surface area contributed by atoms with E-state index < -0.39 is 0 Å². The number of carbonyl (C=O) groups excluding carboxylic acids is 1. The number of hydrogen-bond donors (Lipinski definition) is 1. The Labute approximate surface area is 118 Å². The predicted molar refractivity (Wildman–Crippen MR) is 79.0 cm³/mol. The van der Waals surface area contributed by atoms with Gasteiger partial charge in [-0.25, -0.2) is 4.98 Å². The maximum atomic E-state index is 12.1. The molecule has 1 aliphatic rings. The molecule has 1 N–H and O–H groups in total. The van der Waals surface area contributed by atoms with E-state index in [9.17, 15) is 4.79 Å². The van der Waals surface area contributed by atoms with E-state index >= 15 is 0 Å². The highest BCUT2D eigenvalue weighted by molar-refractivity contribution is 5.79. The lowest BCUT2D eigenvalue weighted by Crippen LogP contribution is -2.31. The van der Waals surface area contributed by atoms with Gasteiger partial charge >= 0.3 is 0 Å². The van der Waals surface area contributed by atoms with E-state index in [1.54, 1.807) is 0 Å². The van der Waals surface area contributed by atoms with Gasteiger partial charge in [-0.1, -0.05) is 24.3 Å². The predicted octanol–water partition coefficient (Wildman–Crippen LogP) is 2.55. The molecule has 0 fully saturated rings. The molecule has 104 valence electrons. The highest BCUT2D eigenvalue weighted by atomic mass is 16.1. The van der Waals surface area contributed by atoms with Gasteiger partial charge in [0.15, 0.2) is 0 Å². The van der Waals surface area contributed by atoms with Crippen LogP contribution in [0, 0.1) is 5.92 Å². The summed E-state index contributed by atoms with van der Waals surface area (Å²) in [6, 6.07) is 8.01. The zero-order chi connectivity index (χ0) is 13.9. The van der Waals surface area contributed by atoms with E-state index in [1.807, 2.05) is 35.9 Å². The molecule has 1 aliphatic carbocycles. The van der Waals surface area contributed by atoms with Gasteiger partial charge in [-0.2, -0.15) is 0 Å². The number of nitrogens with one attached hydrogen (secondary N) is 1. The Morgan fingerprint density at radius 1 is 1.40 bits per heavy atom. The lowest BCUT2D eigenvalue weighted by Gasteiger charge is -2.17. The van der Waals surface area contributed by atoms with Crippen molar-refractivity contribution in [2.45, 2.75) is 25.8 Å². The van der Waals surface area contributed by atoms with Gasteiger partial charge in [-0.15, -0.1) is 0 Å². The van der Waals surface area contributed by atoms with Crippen molar-refractivity contribution in [2.75, 3.05) is 0 Å². The number of imidazole rings is 1. The number of nitrogens with zero attached hydrogens (tertiary/aromatic N) is 2. The highest BCUT2D eigenvalue weighted by Gasteiger charge is 2.18. The molecule has 0 aliphatic heterocycles. The van der Waals surface area contributed by atoms with Crippen LogP contribution in [0.25, 0.3) is 11.0 Å². The highest BCUT2D eigenvalue weighted by Crippen LogP contribution is 2.18. The average molecular weight is 269 g/mol. The first-order valence-electron chi connectivity index (χ1n) is 7.09. The Bertz CT molecular complexity index is 657. The van der Waals surface area contributed by atoms with Crippen LogP contribution in [0.2, 0.25) is 0 Å². The second-order valence-electron chi connectivity index (χ2n) is 5.27. The summed E-state index contributed by atoms with van der Waals surface area (Å²) in [7, 11) is 1.99. The summed E-state index contributed by atoms with van der Waals surface area (Å²) < 4.78 is 2.04. The first-order chi connectivity index (χ1) is 9.75. The molecule has 1 aromatic heterocycles. The van der Waals surface area contributed by atoms with Crippen LogP contribution in [0.5, 0.6) is 0 Å². The number of fused-ring (bicyclic) bond motifs is 1. The molecule has 4 heteroatoms. The van der Waals surface area contributed by atoms with Crippen molar-refractivity contribution in [3.8, 4) is 0 Å². The van der Waals surface area contributed by atoms with Gasteiger partial charge in [-0.05, 0) is 31.4 Å².